The largest absolute Gasteiger partial charge is 0.462 e. The van der Waals surface area contributed by atoms with Crippen LogP contribution < -0.4 is 0 Å². The molecule has 0 aromatic carbocycles. The Labute approximate surface area is 472 Å². The van der Waals surface area contributed by atoms with Crippen molar-refractivity contribution in [3.05, 3.63) is 72.9 Å². The van der Waals surface area contributed by atoms with Crippen LogP contribution in [0.3, 0.4) is 0 Å². The zero-order chi connectivity index (χ0) is 55.0. The molecule has 0 bridgehead atoms. The summed E-state index contributed by atoms with van der Waals surface area (Å²) in [6.07, 6.45) is 83.4. The molecule has 0 aliphatic carbocycles. The molecular weight excluding hydrogens is 937 g/mol. The molecule has 0 aliphatic heterocycles. The number of unbranched alkanes of at least 4 members (excludes halogenated alkanes) is 37. The van der Waals surface area contributed by atoms with Gasteiger partial charge in [-0.05, 0) is 89.9 Å². The van der Waals surface area contributed by atoms with E-state index in [0.29, 0.717) is 19.3 Å². The van der Waals surface area contributed by atoms with E-state index in [1.54, 1.807) is 0 Å². The fraction of sp³-hybridized carbons (Fsp3) is 0.786. The van der Waals surface area contributed by atoms with Crippen molar-refractivity contribution >= 4 is 17.9 Å². The zero-order valence-electron chi connectivity index (χ0n) is 50.5. The van der Waals surface area contributed by atoms with E-state index in [4.69, 9.17) is 14.2 Å². The monoisotopic (exact) mass is 1060 g/mol. The Morgan fingerprint density at radius 3 is 0.816 bits per heavy atom. The molecule has 76 heavy (non-hydrogen) atoms. The summed E-state index contributed by atoms with van der Waals surface area (Å²) in [6.45, 7) is 6.55. The lowest BCUT2D eigenvalue weighted by Gasteiger charge is -2.18. The van der Waals surface area contributed by atoms with Gasteiger partial charge in [0.15, 0.2) is 6.10 Å². The molecule has 0 heterocycles. The van der Waals surface area contributed by atoms with Crippen molar-refractivity contribution in [2.45, 2.75) is 341 Å². The van der Waals surface area contributed by atoms with Gasteiger partial charge in [0.1, 0.15) is 13.2 Å². The van der Waals surface area contributed by atoms with Crippen molar-refractivity contribution in [2.75, 3.05) is 13.2 Å². The molecule has 6 heteroatoms. The lowest BCUT2D eigenvalue weighted by molar-refractivity contribution is -0.167. The normalized spacial score (nSPS) is 12.5. The molecule has 0 radical (unpaired) electrons. The molecule has 0 amide bonds. The fourth-order valence-corrected chi connectivity index (χ4v) is 9.53. The van der Waals surface area contributed by atoms with E-state index in [-0.39, 0.29) is 31.1 Å². The Hall–Kier alpha value is -3.15. The molecule has 0 aliphatic rings. The first-order chi connectivity index (χ1) is 37.5. The second-order valence-corrected chi connectivity index (χ2v) is 22.0. The summed E-state index contributed by atoms with van der Waals surface area (Å²) in [4.78, 5) is 38.3. The van der Waals surface area contributed by atoms with Crippen LogP contribution in [0.5, 0.6) is 0 Å². The van der Waals surface area contributed by atoms with Gasteiger partial charge in [-0.3, -0.25) is 14.4 Å². The van der Waals surface area contributed by atoms with E-state index in [0.717, 1.165) is 103 Å². The van der Waals surface area contributed by atoms with Crippen molar-refractivity contribution in [1.82, 2.24) is 0 Å². The van der Waals surface area contributed by atoms with Gasteiger partial charge in [0.2, 0.25) is 0 Å². The third-order valence-corrected chi connectivity index (χ3v) is 14.4. The highest BCUT2D eigenvalue weighted by Crippen LogP contribution is 2.17. The van der Waals surface area contributed by atoms with Gasteiger partial charge in [-0.1, -0.05) is 299 Å². The van der Waals surface area contributed by atoms with Crippen molar-refractivity contribution < 1.29 is 28.6 Å². The molecular formula is C70H124O6. The van der Waals surface area contributed by atoms with Crippen molar-refractivity contribution in [3.63, 3.8) is 0 Å². The summed E-state index contributed by atoms with van der Waals surface area (Å²) in [6, 6.07) is 0. The van der Waals surface area contributed by atoms with Crippen LogP contribution >= 0.6 is 0 Å². The number of esters is 3. The Kier molecular flexibility index (Phi) is 61.7. The van der Waals surface area contributed by atoms with E-state index in [9.17, 15) is 14.4 Å². The standard InChI is InChI=1S/C70H124O6/c1-4-7-10-13-16-19-22-25-28-30-32-33-34-35-36-37-39-40-42-45-48-51-54-57-60-63-69(72)75-66-67(65-74-68(71)62-59-56-53-50-47-44-27-24-21-18-15-12-9-6-3)76-70(73)64-61-58-55-52-49-46-43-41-38-31-29-26-23-20-17-14-11-8-5-2/h7,10,16,19,24-25,27-28,32-33,35-36,67H,4-6,8-9,11-15,17-18,20-23,26,29-31,34,37-66H2,1-3H3/b10-7-,19-16-,27-24-,28-25-,33-32-,36-35-. The predicted molar refractivity (Wildman–Crippen MR) is 330 cm³/mol. The number of carbonyl (C=O) groups excluding carboxylic acids is 3. The smallest absolute Gasteiger partial charge is 0.306 e. The van der Waals surface area contributed by atoms with E-state index >= 15 is 0 Å². The average Bonchev–Trinajstić information content (AvgIpc) is 3.42. The number of hydrogen-bond donors (Lipinski definition) is 0. The van der Waals surface area contributed by atoms with E-state index in [1.807, 2.05) is 0 Å². The number of ether oxygens (including phenoxy) is 3. The van der Waals surface area contributed by atoms with Crippen LogP contribution in [0.1, 0.15) is 335 Å². The summed E-state index contributed by atoms with van der Waals surface area (Å²) < 4.78 is 16.9. The zero-order valence-corrected chi connectivity index (χ0v) is 50.5. The maximum atomic E-state index is 12.9. The molecule has 0 saturated heterocycles. The molecule has 0 spiro atoms. The topological polar surface area (TPSA) is 78.9 Å². The Bertz CT molecular complexity index is 1400. The highest BCUT2D eigenvalue weighted by Gasteiger charge is 2.19. The fourth-order valence-electron chi connectivity index (χ4n) is 9.53. The molecule has 0 aromatic rings. The van der Waals surface area contributed by atoms with Gasteiger partial charge in [0.05, 0.1) is 0 Å². The van der Waals surface area contributed by atoms with Gasteiger partial charge in [0.25, 0.3) is 0 Å². The third-order valence-electron chi connectivity index (χ3n) is 14.4. The quantitative estimate of drug-likeness (QED) is 0.0261. The van der Waals surface area contributed by atoms with Crippen LogP contribution in [-0.4, -0.2) is 37.2 Å². The SMILES string of the molecule is CC/C=C\C/C=C\C/C=C\C/C=C\C/C=C\CCCCCCCCCCCC(=O)OCC(COC(=O)CCCCCCC/C=C\CCCCCCC)OC(=O)CCCCCCCCCCCCCCCCCCCCC. The van der Waals surface area contributed by atoms with Crippen LogP contribution in [0, 0.1) is 0 Å². The number of allylic oxidation sites excluding steroid dienone is 12. The lowest BCUT2D eigenvalue weighted by Crippen LogP contribution is -2.30. The van der Waals surface area contributed by atoms with E-state index in [2.05, 4.69) is 93.7 Å². The Morgan fingerprint density at radius 1 is 0.276 bits per heavy atom. The molecule has 0 rings (SSSR count). The minimum Gasteiger partial charge on any atom is -0.462 e. The summed E-state index contributed by atoms with van der Waals surface area (Å²) in [7, 11) is 0. The van der Waals surface area contributed by atoms with Gasteiger partial charge in [-0.2, -0.15) is 0 Å². The predicted octanol–water partition coefficient (Wildman–Crippen LogP) is 22.5. The highest BCUT2D eigenvalue weighted by atomic mass is 16.6. The molecule has 0 saturated carbocycles. The minimum atomic E-state index is -0.780. The number of hydrogen-bond acceptors (Lipinski definition) is 6. The molecule has 440 valence electrons. The molecule has 1 atom stereocenters. The summed E-state index contributed by atoms with van der Waals surface area (Å²) in [5.41, 5.74) is 0. The third kappa shape index (κ3) is 61.7. The molecule has 1 unspecified atom stereocenters. The van der Waals surface area contributed by atoms with Crippen molar-refractivity contribution in [2.24, 2.45) is 0 Å². The minimum absolute atomic E-state index is 0.0779. The van der Waals surface area contributed by atoms with Crippen LogP contribution in [0.25, 0.3) is 0 Å². The summed E-state index contributed by atoms with van der Waals surface area (Å²) in [5.74, 6) is -0.873. The number of rotatable bonds is 60. The lowest BCUT2D eigenvalue weighted by atomic mass is 10.0. The highest BCUT2D eigenvalue weighted by molar-refractivity contribution is 5.71. The van der Waals surface area contributed by atoms with E-state index in [1.165, 1.54) is 193 Å². The van der Waals surface area contributed by atoms with Crippen LogP contribution in [-0.2, 0) is 28.6 Å². The van der Waals surface area contributed by atoms with E-state index < -0.39 is 6.10 Å². The Morgan fingerprint density at radius 2 is 0.513 bits per heavy atom. The first kappa shape index (κ1) is 72.8. The van der Waals surface area contributed by atoms with Crippen molar-refractivity contribution in [1.29, 1.82) is 0 Å². The molecule has 0 aromatic heterocycles. The average molecular weight is 1060 g/mol. The van der Waals surface area contributed by atoms with Crippen LogP contribution in [0.2, 0.25) is 0 Å². The maximum absolute atomic E-state index is 12.9. The second kappa shape index (κ2) is 64.4. The molecule has 0 fully saturated rings. The van der Waals surface area contributed by atoms with Gasteiger partial charge in [-0.25, -0.2) is 0 Å². The van der Waals surface area contributed by atoms with Crippen molar-refractivity contribution in [3.8, 4) is 0 Å². The van der Waals surface area contributed by atoms with Gasteiger partial charge >= 0.3 is 17.9 Å². The van der Waals surface area contributed by atoms with Crippen LogP contribution in [0.4, 0.5) is 0 Å². The molecule has 6 nitrogen and oxygen atoms in total. The van der Waals surface area contributed by atoms with Crippen LogP contribution in [0.15, 0.2) is 72.9 Å². The summed E-state index contributed by atoms with van der Waals surface area (Å²) in [5, 5.41) is 0. The first-order valence-corrected chi connectivity index (χ1v) is 32.9. The van der Waals surface area contributed by atoms with Gasteiger partial charge < -0.3 is 14.2 Å². The number of carbonyl (C=O) groups is 3. The maximum Gasteiger partial charge on any atom is 0.306 e. The van der Waals surface area contributed by atoms with Gasteiger partial charge in [-0.15, -0.1) is 0 Å². The second-order valence-electron chi connectivity index (χ2n) is 22.0. The van der Waals surface area contributed by atoms with Gasteiger partial charge in [0, 0.05) is 19.3 Å². The summed E-state index contributed by atoms with van der Waals surface area (Å²) >= 11 is 0. The Balaban J connectivity index is 4.32. The first-order valence-electron chi connectivity index (χ1n) is 32.9. The molecule has 0 N–H and O–H groups in total.